The molecule has 2 aromatic carbocycles. The molecule has 0 saturated carbocycles. The molecule has 0 spiro atoms. The molecule has 4 rings (SSSR count). The minimum Gasteiger partial charge on any atom is -0.507 e. The molecule has 33 heavy (non-hydrogen) atoms. The van der Waals surface area contributed by atoms with Crippen LogP contribution in [-0.2, 0) is 4.74 Å². The molecule has 1 aromatic heterocycles. The summed E-state index contributed by atoms with van der Waals surface area (Å²) < 4.78 is 26.8. The minimum absolute atomic E-state index is 0.0196. The van der Waals surface area contributed by atoms with Crippen LogP contribution in [-0.4, -0.2) is 71.0 Å². The van der Waals surface area contributed by atoms with Gasteiger partial charge in [-0.1, -0.05) is 0 Å². The van der Waals surface area contributed by atoms with Crippen LogP contribution in [0.1, 0.15) is 0 Å². The van der Waals surface area contributed by atoms with E-state index in [1.807, 2.05) is 0 Å². The Kier molecular flexibility index (Phi) is 6.04. The molecule has 1 fully saturated rings. The van der Waals surface area contributed by atoms with Crippen LogP contribution in [0.15, 0.2) is 39.5 Å². The Bertz CT molecular complexity index is 1210. The Morgan fingerprint density at radius 1 is 0.939 bits per heavy atom. The second kappa shape index (κ2) is 8.79. The molecule has 5 N–H and O–H groups in total. The lowest BCUT2D eigenvalue weighted by Crippen LogP contribution is -2.54. The van der Waals surface area contributed by atoms with Crippen LogP contribution in [0.4, 0.5) is 0 Å². The molecule has 176 valence electrons. The molecule has 11 nitrogen and oxygen atoms in total. The number of ether oxygens (including phenoxy) is 4. The van der Waals surface area contributed by atoms with E-state index in [-0.39, 0.29) is 46.3 Å². The third-order valence-corrected chi connectivity index (χ3v) is 5.25. The minimum atomic E-state index is -1.55. The second-order valence-corrected chi connectivity index (χ2v) is 7.39. The first-order valence-corrected chi connectivity index (χ1v) is 9.82. The van der Waals surface area contributed by atoms with E-state index in [1.54, 1.807) is 0 Å². The lowest BCUT2D eigenvalue weighted by Gasteiger charge is -2.34. The van der Waals surface area contributed by atoms with Gasteiger partial charge >= 0.3 is 0 Å². The summed E-state index contributed by atoms with van der Waals surface area (Å²) in [6, 6.07) is 6.50. The number of methoxy groups -OCH3 is 2. The first-order valence-electron chi connectivity index (χ1n) is 9.82. The molecule has 1 aliphatic heterocycles. The number of hydrogen-bond donors (Lipinski definition) is 5. The Morgan fingerprint density at radius 3 is 2.24 bits per heavy atom. The predicted octanol–water partition coefficient (Wildman–Crippen LogP) is 0.706. The second-order valence-electron chi connectivity index (χ2n) is 7.39. The average Bonchev–Trinajstić information content (AvgIpc) is 2.79. The van der Waals surface area contributed by atoms with Crippen LogP contribution < -0.4 is 19.6 Å². The van der Waals surface area contributed by atoms with E-state index in [0.29, 0.717) is 5.56 Å². The molecular formula is C22H22O11. The van der Waals surface area contributed by atoms with Crippen LogP contribution in [0.5, 0.6) is 28.7 Å². The van der Waals surface area contributed by atoms with Gasteiger partial charge in [-0.3, -0.25) is 4.79 Å². The van der Waals surface area contributed by atoms with Gasteiger partial charge in [-0.25, -0.2) is 0 Å². The van der Waals surface area contributed by atoms with E-state index in [2.05, 4.69) is 0 Å². The van der Waals surface area contributed by atoms with Crippen molar-refractivity contribution in [3.63, 3.8) is 0 Å². The number of aliphatic hydroxyl groups excluding tert-OH is 3. The average molecular weight is 462 g/mol. The zero-order valence-corrected chi connectivity index (χ0v) is 17.6. The molecule has 3 aromatic rings. The summed E-state index contributed by atoms with van der Waals surface area (Å²) in [4.78, 5) is 12.7. The highest BCUT2D eigenvalue weighted by atomic mass is 16.7. The fourth-order valence-electron chi connectivity index (χ4n) is 3.51. The number of aromatic hydroxyl groups is 2. The molecule has 11 heteroatoms. The highest BCUT2D eigenvalue weighted by molar-refractivity contribution is 5.86. The van der Waals surface area contributed by atoms with Crippen molar-refractivity contribution in [1.29, 1.82) is 0 Å². The fourth-order valence-corrected chi connectivity index (χ4v) is 3.51. The molecule has 0 amide bonds. The van der Waals surface area contributed by atoms with Crippen molar-refractivity contribution in [2.45, 2.75) is 24.6 Å². The van der Waals surface area contributed by atoms with Crippen molar-refractivity contribution in [2.24, 2.45) is 0 Å². The molecule has 0 aliphatic carbocycles. The maximum Gasteiger partial charge on any atom is 0.228 e. The van der Waals surface area contributed by atoms with Gasteiger partial charge in [0.25, 0.3) is 0 Å². The quantitative estimate of drug-likeness (QED) is 0.362. The zero-order valence-electron chi connectivity index (χ0n) is 17.6. The molecule has 0 unspecified atom stereocenters. The van der Waals surface area contributed by atoms with Crippen LogP contribution in [0, 0.1) is 0 Å². The zero-order chi connectivity index (χ0) is 23.9. The normalized spacial score (nSPS) is 22.8. The number of hydrogen-bond acceptors (Lipinski definition) is 11. The Hall–Kier alpha value is -3.51. The van der Waals surface area contributed by atoms with E-state index in [9.17, 15) is 30.3 Å². The van der Waals surface area contributed by atoms with Crippen molar-refractivity contribution in [3.05, 3.63) is 40.6 Å². The molecule has 1 aliphatic rings. The summed E-state index contributed by atoms with van der Waals surface area (Å²) >= 11 is 0. The van der Waals surface area contributed by atoms with Crippen LogP contribution in [0.3, 0.4) is 0 Å². The number of rotatable bonds is 5. The molecular weight excluding hydrogens is 440 g/mol. The number of aliphatic hydroxyl groups is 3. The van der Waals surface area contributed by atoms with E-state index in [0.717, 1.165) is 6.07 Å². The van der Waals surface area contributed by atoms with Crippen molar-refractivity contribution >= 4 is 11.0 Å². The van der Waals surface area contributed by atoms with E-state index < -0.39 is 35.8 Å². The number of phenolic OH excluding ortho intramolecular Hbond substituents is 2. The Balaban J connectivity index is 1.76. The van der Waals surface area contributed by atoms with Gasteiger partial charge in [-0.05, 0) is 12.1 Å². The Morgan fingerprint density at radius 2 is 1.61 bits per heavy atom. The first-order chi connectivity index (χ1) is 15.7. The van der Waals surface area contributed by atoms with Gasteiger partial charge in [0.1, 0.15) is 46.5 Å². The van der Waals surface area contributed by atoms with Gasteiger partial charge in [0.05, 0.1) is 20.8 Å². The molecule has 1 saturated heterocycles. The number of fused-ring (bicyclic) bond motifs is 1. The summed E-state index contributed by atoms with van der Waals surface area (Å²) in [6.45, 7) is -0.272. The highest BCUT2D eigenvalue weighted by Crippen LogP contribution is 2.41. The summed E-state index contributed by atoms with van der Waals surface area (Å²) in [5.41, 5.74) is -0.229. The van der Waals surface area contributed by atoms with E-state index >= 15 is 0 Å². The largest absolute Gasteiger partial charge is 0.507 e. The maximum atomic E-state index is 12.7. The van der Waals surface area contributed by atoms with Crippen LogP contribution >= 0.6 is 0 Å². The van der Waals surface area contributed by atoms with Gasteiger partial charge in [0, 0.05) is 23.8 Å². The SMILES string of the molecule is COc1cc(-c2cc(=O)c3c(O)cc(O[C@@H]4OC[C@H](O)[C@H](O)[C@H]4O)cc3o2)cc(OC)c1O. The van der Waals surface area contributed by atoms with Crippen molar-refractivity contribution < 1.29 is 48.9 Å². The van der Waals surface area contributed by atoms with Crippen LogP contribution in [0.25, 0.3) is 22.3 Å². The summed E-state index contributed by atoms with van der Waals surface area (Å²) in [7, 11) is 2.71. The van der Waals surface area contributed by atoms with E-state index in [1.165, 1.54) is 38.5 Å². The molecule has 4 atom stereocenters. The summed E-state index contributed by atoms with van der Waals surface area (Å²) in [6.07, 6.45) is -5.64. The van der Waals surface area contributed by atoms with Crippen LogP contribution in [0.2, 0.25) is 0 Å². The third-order valence-electron chi connectivity index (χ3n) is 5.25. The lowest BCUT2D eigenvalue weighted by atomic mass is 10.1. The summed E-state index contributed by atoms with van der Waals surface area (Å²) in [5, 5.41) is 49.8. The monoisotopic (exact) mass is 462 g/mol. The third kappa shape index (κ3) is 4.14. The Labute approximate surface area is 186 Å². The predicted molar refractivity (Wildman–Crippen MR) is 113 cm³/mol. The lowest BCUT2D eigenvalue weighted by molar-refractivity contribution is -0.242. The van der Waals surface area contributed by atoms with Gasteiger partial charge in [0.15, 0.2) is 16.9 Å². The first kappa shape index (κ1) is 22.7. The number of phenols is 2. The van der Waals surface area contributed by atoms with Crippen molar-refractivity contribution in [3.8, 4) is 40.1 Å². The number of benzene rings is 2. The van der Waals surface area contributed by atoms with Crippen molar-refractivity contribution in [2.75, 3.05) is 20.8 Å². The van der Waals surface area contributed by atoms with E-state index in [4.69, 9.17) is 23.4 Å². The smallest absolute Gasteiger partial charge is 0.228 e. The molecule has 0 radical (unpaired) electrons. The van der Waals surface area contributed by atoms with Gasteiger partial charge in [-0.15, -0.1) is 0 Å². The standard InChI is InChI=1S/C22H22O11/c1-29-16-3-9(4-17(30-2)20(16)27)14-7-12(24)18-11(23)5-10(6-15(18)33-14)32-22-21(28)19(26)13(25)8-31-22/h3-7,13,19,21-23,25-28H,8H2,1-2H3/t13-,19-,21+,22-/m0/s1. The highest BCUT2D eigenvalue weighted by Gasteiger charge is 2.39. The summed E-state index contributed by atoms with van der Waals surface area (Å²) in [5.74, 6) is -0.400. The van der Waals surface area contributed by atoms with Gasteiger partial charge in [0.2, 0.25) is 12.0 Å². The van der Waals surface area contributed by atoms with Crippen molar-refractivity contribution in [1.82, 2.24) is 0 Å². The fraction of sp³-hybridized carbons (Fsp3) is 0.318. The topological polar surface area (TPSA) is 168 Å². The van der Waals surface area contributed by atoms with Gasteiger partial charge < -0.3 is 48.9 Å². The van der Waals surface area contributed by atoms with Gasteiger partial charge in [-0.2, -0.15) is 0 Å². The molecule has 0 bridgehead atoms. The maximum absolute atomic E-state index is 12.7. The molecule has 2 heterocycles.